The van der Waals surface area contributed by atoms with Crippen molar-refractivity contribution >= 4 is 17.5 Å². The summed E-state index contributed by atoms with van der Waals surface area (Å²) in [5.41, 5.74) is 0.783. The third-order valence-electron chi connectivity index (χ3n) is 2.64. The number of aliphatic hydroxyl groups is 1. The molecule has 94 valence electrons. The maximum atomic E-state index is 11.9. The molecule has 0 radical (unpaired) electrons. The SMILES string of the molecule is CCC(CCO)NC(=O)C(Cl)c1ccccc1. The van der Waals surface area contributed by atoms with Crippen molar-refractivity contribution in [2.24, 2.45) is 0 Å². The number of carbonyl (C=O) groups is 1. The van der Waals surface area contributed by atoms with Crippen LogP contribution in [-0.4, -0.2) is 23.7 Å². The minimum absolute atomic E-state index is 0.0162. The average Bonchev–Trinajstić information content (AvgIpc) is 2.38. The summed E-state index contributed by atoms with van der Waals surface area (Å²) in [7, 11) is 0. The van der Waals surface area contributed by atoms with Crippen LogP contribution in [0.3, 0.4) is 0 Å². The van der Waals surface area contributed by atoms with Gasteiger partial charge in [-0.1, -0.05) is 37.3 Å². The van der Waals surface area contributed by atoms with Crippen molar-refractivity contribution in [1.82, 2.24) is 5.32 Å². The minimum atomic E-state index is -0.677. The number of alkyl halides is 1. The molecule has 1 aromatic rings. The number of amides is 1. The summed E-state index contributed by atoms with van der Waals surface area (Å²) in [6, 6.07) is 9.21. The molecular weight excluding hydrogens is 238 g/mol. The first kappa shape index (κ1) is 14.0. The molecule has 0 spiro atoms. The highest BCUT2D eigenvalue weighted by molar-refractivity contribution is 6.30. The zero-order chi connectivity index (χ0) is 12.7. The fourth-order valence-corrected chi connectivity index (χ4v) is 1.79. The molecule has 0 bridgehead atoms. The van der Waals surface area contributed by atoms with Gasteiger partial charge in [-0.3, -0.25) is 4.79 Å². The van der Waals surface area contributed by atoms with E-state index in [0.717, 1.165) is 12.0 Å². The van der Waals surface area contributed by atoms with E-state index in [0.29, 0.717) is 6.42 Å². The Labute approximate surface area is 107 Å². The Morgan fingerprint density at radius 3 is 2.59 bits per heavy atom. The number of aliphatic hydroxyl groups excluding tert-OH is 1. The molecule has 0 saturated heterocycles. The van der Waals surface area contributed by atoms with E-state index in [2.05, 4.69) is 5.32 Å². The summed E-state index contributed by atoms with van der Waals surface area (Å²) < 4.78 is 0. The summed E-state index contributed by atoms with van der Waals surface area (Å²) in [6.45, 7) is 2.03. The number of hydrogen-bond donors (Lipinski definition) is 2. The second-order valence-corrected chi connectivity index (χ2v) is 4.34. The highest BCUT2D eigenvalue weighted by Crippen LogP contribution is 2.20. The van der Waals surface area contributed by atoms with Crippen molar-refractivity contribution < 1.29 is 9.90 Å². The molecule has 4 heteroatoms. The van der Waals surface area contributed by atoms with Crippen LogP contribution in [-0.2, 0) is 4.79 Å². The lowest BCUT2D eigenvalue weighted by Gasteiger charge is -2.18. The molecule has 0 aromatic heterocycles. The van der Waals surface area contributed by atoms with Crippen LogP contribution in [0.4, 0.5) is 0 Å². The summed E-state index contributed by atoms with van der Waals surface area (Å²) in [5.74, 6) is -0.210. The predicted molar refractivity (Wildman–Crippen MR) is 69.0 cm³/mol. The standard InChI is InChI=1S/C13H18ClNO2/c1-2-11(8-9-16)15-13(17)12(14)10-6-4-3-5-7-10/h3-7,11-12,16H,2,8-9H2,1H3,(H,15,17). The molecule has 0 fully saturated rings. The van der Waals surface area contributed by atoms with Crippen LogP contribution in [0.2, 0.25) is 0 Å². The van der Waals surface area contributed by atoms with Crippen molar-refractivity contribution in [3.8, 4) is 0 Å². The Hall–Kier alpha value is -1.06. The second kappa shape index (κ2) is 7.30. The molecule has 1 amide bonds. The Morgan fingerprint density at radius 2 is 2.06 bits per heavy atom. The second-order valence-electron chi connectivity index (χ2n) is 3.90. The molecule has 2 N–H and O–H groups in total. The van der Waals surface area contributed by atoms with Gasteiger partial charge < -0.3 is 10.4 Å². The van der Waals surface area contributed by atoms with Gasteiger partial charge >= 0.3 is 0 Å². The molecular formula is C13H18ClNO2. The van der Waals surface area contributed by atoms with Gasteiger partial charge in [0.25, 0.3) is 0 Å². The number of benzene rings is 1. The summed E-state index contributed by atoms with van der Waals surface area (Å²) in [4.78, 5) is 11.9. The van der Waals surface area contributed by atoms with E-state index >= 15 is 0 Å². The number of nitrogens with one attached hydrogen (secondary N) is 1. The van der Waals surface area contributed by atoms with Crippen LogP contribution in [0.15, 0.2) is 30.3 Å². The molecule has 2 atom stereocenters. The van der Waals surface area contributed by atoms with Crippen LogP contribution in [0, 0.1) is 0 Å². The lowest BCUT2D eigenvalue weighted by atomic mass is 10.1. The van der Waals surface area contributed by atoms with Crippen LogP contribution in [0.1, 0.15) is 30.7 Å². The summed E-state index contributed by atoms with van der Waals surface area (Å²) in [5, 5.41) is 11.0. The molecule has 0 heterocycles. The van der Waals surface area contributed by atoms with E-state index < -0.39 is 5.38 Å². The zero-order valence-electron chi connectivity index (χ0n) is 9.90. The molecule has 17 heavy (non-hydrogen) atoms. The lowest BCUT2D eigenvalue weighted by molar-refractivity contribution is -0.121. The Bertz CT molecular complexity index is 343. The third-order valence-corrected chi connectivity index (χ3v) is 3.09. The van der Waals surface area contributed by atoms with Crippen molar-refractivity contribution in [2.45, 2.75) is 31.2 Å². The van der Waals surface area contributed by atoms with Crippen LogP contribution >= 0.6 is 11.6 Å². The monoisotopic (exact) mass is 255 g/mol. The van der Waals surface area contributed by atoms with Gasteiger partial charge in [-0.05, 0) is 18.4 Å². The topological polar surface area (TPSA) is 49.3 Å². The van der Waals surface area contributed by atoms with Crippen molar-refractivity contribution in [3.63, 3.8) is 0 Å². The molecule has 1 aromatic carbocycles. The Balaban J connectivity index is 2.58. The first-order valence-corrected chi connectivity index (χ1v) is 6.23. The molecule has 2 unspecified atom stereocenters. The lowest BCUT2D eigenvalue weighted by Crippen LogP contribution is -2.37. The summed E-state index contributed by atoms with van der Waals surface area (Å²) in [6.07, 6.45) is 1.34. The van der Waals surface area contributed by atoms with Gasteiger partial charge in [0.1, 0.15) is 5.38 Å². The Morgan fingerprint density at radius 1 is 1.41 bits per heavy atom. The van der Waals surface area contributed by atoms with E-state index in [1.165, 1.54) is 0 Å². The zero-order valence-corrected chi connectivity index (χ0v) is 10.7. The molecule has 0 aliphatic carbocycles. The number of rotatable bonds is 6. The maximum Gasteiger partial charge on any atom is 0.242 e. The van der Waals surface area contributed by atoms with Crippen LogP contribution < -0.4 is 5.32 Å². The van der Waals surface area contributed by atoms with Gasteiger partial charge in [0, 0.05) is 12.6 Å². The molecule has 1 rings (SSSR count). The van der Waals surface area contributed by atoms with E-state index in [-0.39, 0.29) is 18.6 Å². The van der Waals surface area contributed by atoms with Gasteiger partial charge in [-0.2, -0.15) is 0 Å². The normalized spacial score (nSPS) is 14.1. The quantitative estimate of drug-likeness (QED) is 0.766. The molecule has 0 aliphatic heterocycles. The first-order chi connectivity index (χ1) is 8.19. The predicted octanol–water partition coefficient (Wildman–Crippen LogP) is 2.24. The smallest absolute Gasteiger partial charge is 0.242 e. The van der Waals surface area contributed by atoms with E-state index in [9.17, 15) is 4.79 Å². The van der Waals surface area contributed by atoms with Crippen molar-refractivity contribution in [2.75, 3.05) is 6.61 Å². The van der Waals surface area contributed by atoms with Crippen molar-refractivity contribution in [3.05, 3.63) is 35.9 Å². The van der Waals surface area contributed by atoms with Crippen LogP contribution in [0.5, 0.6) is 0 Å². The van der Waals surface area contributed by atoms with Gasteiger partial charge in [-0.15, -0.1) is 11.6 Å². The van der Waals surface area contributed by atoms with Gasteiger partial charge in [0.05, 0.1) is 0 Å². The number of carbonyl (C=O) groups excluding carboxylic acids is 1. The fourth-order valence-electron chi connectivity index (χ4n) is 1.58. The highest BCUT2D eigenvalue weighted by Gasteiger charge is 2.19. The third kappa shape index (κ3) is 4.36. The fraction of sp³-hybridized carbons (Fsp3) is 0.462. The number of halogens is 1. The summed E-state index contributed by atoms with van der Waals surface area (Å²) >= 11 is 6.08. The molecule has 0 aliphatic rings. The Kier molecular flexibility index (Phi) is 6.01. The molecule has 0 saturated carbocycles. The van der Waals surface area contributed by atoms with E-state index in [1.54, 1.807) is 0 Å². The first-order valence-electron chi connectivity index (χ1n) is 5.79. The van der Waals surface area contributed by atoms with E-state index in [4.69, 9.17) is 16.7 Å². The van der Waals surface area contributed by atoms with E-state index in [1.807, 2.05) is 37.3 Å². The maximum absolute atomic E-state index is 11.9. The molecule has 3 nitrogen and oxygen atoms in total. The van der Waals surface area contributed by atoms with Gasteiger partial charge in [0.2, 0.25) is 5.91 Å². The largest absolute Gasteiger partial charge is 0.396 e. The van der Waals surface area contributed by atoms with Crippen molar-refractivity contribution in [1.29, 1.82) is 0 Å². The average molecular weight is 256 g/mol. The van der Waals surface area contributed by atoms with Gasteiger partial charge in [-0.25, -0.2) is 0 Å². The number of hydrogen-bond acceptors (Lipinski definition) is 2. The highest BCUT2D eigenvalue weighted by atomic mass is 35.5. The van der Waals surface area contributed by atoms with Crippen LogP contribution in [0.25, 0.3) is 0 Å². The van der Waals surface area contributed by atoms with Gasteiger partial charge in [0.15, 0.2) is 0 Å². The minimum Gasteiger partial charge on any atom is -0.396 e.